The van der Waals surface area contributed by atoms with Crippen LogP contribution in [0.3, 0.4) is 0 Å². The zero-order chi connectivity index (χ0) is 17.3. The van der Waals surface area contributed by atoms with E-state index in [-0.39, 0.29) is 11.8 Å². The average Bonchev–Trinajstić information content (AvgIpc) is 2.87. The van der Waals surface area contributed by atoms with Crippen LogP contribution in [-0.2, 0) is 4.79 Å². The van der Waals surface area contributed by atoms with E-state index in [2.05, 4.69) is 0 Å². The van der Waals surface area contributed by atoms with Crippen LogP contribution in [0.5, 0.6) is 0 Å². The molecule has 0 aliphatic carbocycles. The normalized spacial score (nSPS) is 19.6. The van der Waals surface area contributed by atoms with Crippen LogP contribution >= 0.6 is 0 Å². The number of carbonyl (C=O) groups excluding carboxylic acids is 2. The second-order valence-corrected chi connectivity index (χ2v) is 7.17. The van der Waals surface area contributed by atoms with Crippen LogP contribution in [0.15, 0.2) is 4.42 Å². The van der Waals surface area contributed by atoms with Gasteiger partial charge in [0.05, 0.1) is 5.56 Å². The van der Waals surface area contributed by atoms with Crippen LogP contribution in [0.25, 0.3) is 0 Å². The van der Waals surface area contributed by atoms with Gasteiger partial charge in [0.1, 0.15) is 11.5 Å². The first-order chi connectivity index (χ1) is 11.5. The Morgan fingerprint density at radius 1 is 0.875 bits per heavy atom. The number of furan rings is 1. The van der Waals surface area contributed by atoms with Gasteiger partial charge >= 0.3 is 0 Å². The number of piperidine rings is 2. The van der Waals surface area contributed by atoms with Crippen molar-refractivity contribution in [1.82, 2.24) is 9.80 Å². The summed E-state index contributed by atoms with van der Waals surface area (Å²) in [4.78, 5) is 29.3. The minimum atomic E-state index is 0.0470. The van der Waals surface area contributed by atoms with Crippen LogP contribution in [-0.4, -0.2) is 47.8 Å². The number of carbonyl (C=O) groups is 2. The van der Waals surface area contributed by atoms with E-state index < -0.39 is 0 Å². The van der Waals surface area contributed by atoms with E-state index in [1.165, 1.54) is 6.42 Å². The summed E-state index contributed by atoms with van der Waals surface area (Å²) < 4.78 is 5.59. The SMILES string of the molecule is Cc1oc(C)c(C(=O)N2CCC(C(=O)N3CCCCC3)CC2)c1C. The highest BCUT2D eigenvalue weighted by molar-refractivity contribution is 5.97. The summed E-state index contributed by atoms with van der Waals surface area (Å²) in [6.07, 6.45) is 5.04. The van der Waals surface area contributed by atoms with Crippen molar-refractivity contribution in [3.8, 4) is 0 Å². The van der Waals surface area contributed by atoms with E-state index in [0.29, 0.717) is 30.3 Å². The van der Waals surface area contributed by atoms with E-state index in [9.17, 15) is 9.59 Å². The maximum atomic E-state index is 12.8. The summed E-state index contributed by atoms with van der Waals surface area (Å²) in [6, 6.07) is 0. The third-order valence-corrected chi connectivity index (χ3v) is 5.57. The summed E-state index contributed by atoms with van der Waals surface area (Å²) in [5.41, 5.74) is 1.64. The molecule has 3 rings (SSSR count). The average molecular weight is 332 g/mol. The van der Waals surface area contributed by atoms with Crippen molar-refractivity contribution in [2.75, 3.05) is 26.2 Å². The smallest absolute Gasteiger partial charge is 0.257 e. The predicted octanol–water partition coefficient (Wildman–Crippen LogP) is 3.07. The van der Waals surface area contributed by atoms with Crippen molar-refractivity contribution in [3.63, 3.8) is 0 Å². The zero-order valence-corrected chi connectivity index (χ0v) is 15.1. The van der Waals surface area contributed by atoms with Crippen LogP contribution < -0.4 is 0 Å². The minimum Gasteiger partial charge on any atom is -0.466 e. The van der Waals surface area contributed by atoms with Gasteiger partial charge in [-0.05, 0) is 52.9 Å². The highest BCUT2D eigenvalue weighted by Gasteiger charge is 2.32. The van der Waals surface area contributed by atoms with E-state index in [1.54, 1.807) is 0 Å². The summed E-state index contributed by atoms with van der Waals surface area (Å²) in [5, 5.41) is 0. The Hall–Kier alpha value is -1.78. The number of hydrogen-bond acceptors (Lipinski definition) is 3. The lowest BCUT2D eigenvalue weighted by atomic mass is 9.93. The van der Waals surface area contributed by atoms with Gasteiger partial charge in [-0.3, -0.25) is 9.59 Å². The lowest BCUT2D eigenvalue weighted by molar-refractivity contribution is -0.137. The molecule has 0 spiro atoms. The zero-order valence-electron chi connectivity index (χ0n) is 15.1. The summed E-state index contributed by atoms with van der Waals surface area (Å²) in [7, 11) is 0. The molecule has 5 nitrogen and oxygen atoms in total. The molecule has 0 bridgehead atoms. The Kier molecular flexibility index (Phi) is 4.97. The van der Waals surface area contributed by atoms with Crippen molar-refractivity contribution in [1.29, 1.82) is 0 Å². The van der Waals surface area contributed by atoms with Crippen LogP contribution in [0, 0.1) is 26.7 Å². The van der Waals surface area contributed by atoms with Crippen LogP contribution in [0.4, 0.5) is 0 Å². The second kappa shape index (κ2) is 6.99. The van der Waals surface area contributed by atoms with E-state index in [4.69, 9.17) is 4.42 Å². The molecular formula is C19H28N2O3. The summed E-state index contributed by atoms with van der Waals surface area (Å²) >= 11 is 0. The largest absolute Gasteiger partial charge is 0.466 e. The standard InChI is InChI=1S/C19H28N2O3/c1-13-14(2)24-15(3)17(13)19(23)21-11-7-16(8-12-21)18(22)20-9-5-4-6-10-20/h16H,4-12H2,1-3H3. The second-order valence-electron chi connectivity index (χ2n) is 7.17. The Balaban J connectivity index is 1.60. The van der Waals surface area contributed by atoms with Crippen molar-refractivity contribution >= 4 is 11.8 Å². The maximum Gasteiger partial charge on any atom is 0.257 e. The molecule has 0 unspecified atom stereocenters. The Bertz CT molecular complexity index is 621. The molecule has 2 amide bonds. The molecule has 0 saturated carbocycles. The fourth-order valence-electron chi connectivity index (χ4n) is 3.97. The van der Waals surface area contributed by atoms with E-state index in [0.717, 1.165) is 50.1 Å². The summed E-state index contributed by atoms with van der Waals surface area (Å²) in [6.45, 7) is 8.81. The monoisotopic (exact) mass is 332 g/mol. The van der Waals surface area contributed by atoms with Gasteiger partial charge in [-0.1, -0.05) is 0 Å². The molecule has 24 heavy (non-hydrogen) atoms. The fraction of sp³-hybridized carbons (Fsp3) is 0.684. The van der Waals surface area contributed by atoms with Crippen LogP contribution in [0.1, 0.15) is 59.5 Å². The van der Waals surface area contributed by atoms with Crippen molar-refractivity contribution in [2.45, 2.75) is 52.9 Å². The molecule has 5 heteroatoms. The predicted molar refractivity (Wildman–Crippen MR) is 92.0 cm³/mol. The number of amides is 2. The molecule has 1 aromatic heterocycles. The molecule has 0 N–H and O–H groups in total. The maximum absolute atomic E-state index is 12.8. The number of rotatable bonds is 2. The van der Waals surface area contributed by atoms with Gasteiger partial charge < -0.3 is 14.2 Å². The fourth-order valence-corrected chi connectivity index (χ4v) is 3.97. The lowest BCUT2D eigenvalue weighted by Crippen LogP contribution is -2.45. The van der Waals surface area contributed by atoms with Gasteiger partial charge in [0.25, 0.3) is 5.91 Å². The molecular weight excluding hydrogens is 304 g/mol. The molecule has 2 aliphatic rings. The van der Waals surface area contributed by atoms with Crippen molar-refractivity contribution < 1.29 is 14.0 Å². The molecule has 2 fully saturated rings. The highest BCUT2D eigenvalue weighted by atomic mass is 16.3. The highest BCUT2D eigenvalue weighted by Crippen LogP contribution is 2.26. The first-order valence-corrected chi connectivity index (χ1v) is 9.13. The van der Waals surface area contributed by atoms with Gasteiger partial charge in [-0.15, -0.1) is 0 Å². The molecule has 132 valence electrons. The molecule has 0 aromatic carbocycles. The number of likely N-dealkylation sites (tertiary alicyclic amines) is 2. The van der Waals surface area contributed by atoms with Gasteiger partial charge in [0.2, 0.25) is 5.91 Å². The quantitative estimate of drug-likeness (QED) is 0.836. The third-order valence-electron chi connectivity index (χ3n) is 5.57. The van der Waals surface area contributed by atoms with Crippen LogP contribution in [0.2, 0.25) is 0 Å². The lowest BCUT2D eigenvalue weighted by Gasteiger charge is -2.35. The summed E-state index contributed by atoms with van der Waals surface area (Å²) in [5.74, 6) is 1.94. The van der Waals surface area contributed by atoms with Gasteiger partial charge in [0, 0.05) is 37.7 Å². The minimum absolute atomic E-state index is 0.0470. The van der Waals surface area contributed by atoms with Gasteiger partial charge in [-0.2, -0.15) is 0 Å². The number of aryl methyl sites for hydroxylation is 2. The Labute approximate surface area is 144 Å². The third kappa shape index (κ3) is 3.21. The van der Waals surface area contributed by atoms with Gasteiger partial charge in [-0.25, -0.2) is 0 Å². The first kappa shape index (κ1) is 17.1. The molecule has 0 atom stereocenters. The number of hydrogen-bond donors (Lipinski definition) is 0. The molecule has 2 saturated heterocycles. The van der Waals surface area contributed by atoms with E-state index >= 15 is 0 Å². The molecule has 0 radical (unpaired) electrons. The Morgan fingerprint density at radius 3 is 2.04 bits per heavy atom. The molecule has 1 aromatic rings. The van der Waals surface area contributed by atoms with Crippen molar-refractivity contribution in [2.24, 2.45) is 5.92 Å². The Morgan fingerprint density at radius 2 is 1.50 bits per heavy atom. The molecule has 3 heterocycles. The molecule has 2 aliphatic heterocycles. The van der Waals surface area contributed by atoms with Gasteiger partial charge in [0.15, 0.2) is 0 Å². The number of nitrogens with zero attached hydrogens (tertiary/aromatic N) is 2. The topological polar surface area (TPSA) is 53.8 Å². The van der Waals surface area contributed by atoms with E-state index in [1.807, 2.05) is 30.6 Å². The van der Waals surface area contributed by atoms with Crippen molar-refractivity contribution in [3.05, 3.63) is 22.6 Å². The first-order valence-electron chi connectivity index (χ1n) is 9.13.